The van der Waals surface area contributed by atoms with Crippen LogP contribution >= 0.6 is 0 Å². The van der Waals surface area contributed by atoms with E-state index in [1.165, 1.54) is 0 Å². The van der Waals surface area contributed by atoms with Gasteiger partial charge in [-0.25, -0.2) is 14.6 Å². The predicted molar refractivity (Wildman–Crippen MR) is 242 cm³/mol. The van der Waals surface area contributed by atoms with Gasteiger partial charge in [0.2, 0.25) is 17.6 Å². The van der Waals surface area contributed by atoms with E-state index in [0.29, 0.717) is 92.4 Å². The van der Waals surface area contributed by atoms with Gasteiger partial charge < -0.3 is 44.0 Å². The molecule has 4 amide bonds. The molecule has 66 heavy (non-hydrogen) atoms. The lowest BCUT2D eigenvalue weighted by Gasteiger charge is -2.29. The Morgan fingerprint density at radius 3 is 2.47 bits per heavy atom. The van der Waals surface area contributed by atoms with Crippen LogP contribution in [0.25, 0.3) is 33.1 Å². The average Bonchev–Trinajstić information content (AvgIpc) is 3.68. The highest BCUT2D eigenvalue weighted by atomic mass is 16.5. The second-order valence-corrected chi connectivity index (χ2v) is 16.8. The molecular weight excluding hydrogens is 849 g/mol. The number of nitrogens with zero attached hydrogens (tertiary/aromatic N) is 6. The molecule has 0 bridgehead atoms. The van der Waals surface area contributed by atoms with E-state index in [-0.39, 0.29) is 37.2 Å². The summed E-state index contributed by atoms with van der Waals surface area (Å²) in [6.07, 6.45) is 4.27. The summed E-state index contributed by atoms with van der Waals surface area (Å²) >= 11 is 0. The van der Waals surface area contributed by atoms with Crippen LogP contribution in [0.15, 0.2) is 40.9 Å². The van der Waals surface area contributed by atoms with Gasteiger partial charge in [0.15, 0.2) is 0 Å². The van der Waals surface area contributed by atoms with Crippen LogP contribution in [0.3, 0.4) is 0 Å². The molecule has 0 spiro atoms. The van der Waals surface area contributed by atoms with E-state index >= 15 is 0 Å². The SMILES string of the molecule is CCn1nc(C2CC2)cc1Nc1nc(C(=O)NCCOCCOCCOCCCc2cccc3c2CN(C2CCC(=O)NC2=O)C3=O)nc2[nH]c3cc(-c4c(C)noc4C)c(OC)cc3c12. The molecule has 9 rings (SSSR count). The predicted octanol–water partition coefficient (Wildman–Crippen LogP) is 5.40. The van der Waals surface area contributed by atoms with Crippen LogP contribution in [0, 0.1) is 13.8 Å². The number of methoxy groups -OCH3 is 1. The van der Waals surface area contributed by atoms with Crippen molar-refractivity contribution in [1.82, 2.24) is 45.4 Å². The fourth-order valence-electron chi connectivity index (χ4n) is 8.83. The summed E-state index contributed by atoms with van der Waals surface area (Å²) in [5, 5.41) is 19.2. The van der Waals surface area contributed by atoms with Gasteiger partial charge in [-0.3, -0.25) is 24.5 Å². The fourth-order valence-corrected chi connectivity index (χ4v) is 8.83. The molecule has 1 saturated carbocycles. The Kier molecular flexibility index (Phi) is 13.1. The molecule has 2 fully saturated rings. The molecule has 19 nitrogen and oxygen atoms in total. The second-order valence-electron chi connectivity index (χ2n) is 16.8. The Bertz CT molecular complexity index is 2790. The highest BCUT2D eigenvalue weighted by Gasteiger charge is 2.39. The lowest BCUT2D eigenvalue weighted by atomic mass is 10.00. The zero-order chi connectivity index (χ0) is 45.9. The molecule has 19 heteroatoms. The molecule has 1 saturated heterocycles. The number of H-pyrrole nitrogens is 1. The molecule has 1 unspecified atom stereocenters. The van der Waals surface area contributed by atoms with Crippen LogP contribution < -0.4 is 20.7 Å². The Morgan fingerprint density at radius 1 is 0.955 bits per heavy atom. The largest absolute Gasteiger partial charge is 0.496 e. The highest BCUT2D eigenvalue weighted by molar-refractivity contribution is 6.14. The summed E-state index contributed by atoms with van der Waals surface area (Å²) in [5.74, 6) is 1.62. The Morgan fingerprint density at radius 2 is 1.74 bits per heavy atom. The van der Waals surface area contributed by atoms with Crippen molar-refractivity contribution >= 4 is 57.2 Å². The van der Waals surface area contributed by atoms with E-state index in [1.807, 2.05) is 49.7 Å². The minimum Gasteiger partial charge on any atom is -0.496 e. The Labute approximate surface area is 380 Å². The number of amides is 4. The van der Waals surface area contributed by atoms with Crippen molar-refractivity contribution in [1.29, 1.82) is 0 Å². The molecule has 4 N–H and O–H groups in total. The third kappa shape index (κ3) is 9.23. The van der Waals surface area contributed by atoms with E-state index in [1.54, 1.807) is 18.1 Å². The van der Waals surface area contributed by atoms with Crippen molar-refractivity contribution in [2.45, 2.75) is 84.3 Å². The van der Waals surface area contributed by atoms with Gasteiger partial charge in [0, 0.05) is 66.7 Å². The van der Waals surface area contributed by atoms with Crippen LogP contribution in [0.2, 0.25) is 0 Å². The van der Waals surface area contributed by atoms with Crippen molar-refractivity contribution < 1.29 is 42.6 Å². The number of hydrogen-bond donors (Lipinski definition) is 4. The minimum atomic E-state index is -0.637. The van der Waals surface area contributed by atoms with Gasteiger partial charge in [-0.1, -0.05) is 17.3 Å². The maximum atomic E-state index is 13.6. The molecule has 6 heterocycles. The van der Waals surface area contributed by atoms with Gasteiger partial charge in [-0.15, -0.1) is 0 Å². The van der Waals surface area contributed by atoms with Gasteiger partial charge in [0.05, 0.1) is 62.5 Å². The maximum Gasteiger partial charge on any atom is 0.289 e. The van der Waals surface area contributed by atoms with E-state index in [2.05, 4.69) is 32.2 Å². The van der Waals surface area contributed by atoms with Crippen molar-refractivity contribution in [3.63, 3.8) is 0 Å². The first-order valence-corrected chi connectivity index (χ1v) is 22.6. The lowest BCUT2D eigenvalue weighted by Crippen LogP contribution is -2.52. The van der Waals surface area contributed by atoms with Gasteiger partial charge in [-0.05, 0) is 82.2 Å². The first-order chi connectivity index (χ1) is 32.1. The van der Waals surface area contributed by atoms with E-state index < -0.39 is 17.9 Å². The number of fused-ring (bicyclic) bond motifs is 4. The Balaban J connectivity index is 0.747. The standard InChI is InChI=1S/C47H54N10O9/c1-5-57-38(24-34(54-57)29-11-12-29)50-43-41-31-23-37(62-4)32(40-26(2)55-66-27(40)3)22-35(31)49-42(41)52-44(53-43)46(60)48-15-17-64-19-21-65-20-18-63-16-7-9-28-8-6-10-30-33(28)25-56(47(30)61)36-13-14-39(58)51-45(36)59/h6,8,10,22-24,29,36H,5,7,9,11-21,25H2,1-4H3,(H,48,60)(H,51,58,59)(H2,49,50,52,53). The van der Waals surface area contributed by atoms with E-state index in [9.17, 15) is 19.2 Å². The molecule has 3 aliphatic rings. The fraction of sp³-hybridized carbons (Fsp3) is 0.447. The zero-order valence-corrected chi connectivity index (χ0v) is 37.6. The number of aromatic amines is 1. The smallest absolute Gasteiger partial charge is 0.289 e. The molecule has 2 aliphatic heterocycles. The number of anilines is 2. The number of aryl methyl sites for hydroxylation is 4. The number of piperidine rings is 1. The summed E-state index contributed by atoms with van der Waals surface area (Å²) in [4.78, 5) is 65.2. The van der Waals surface area contributed by atoms with E-state index in [0.717, 1.165) is 76.0 Å². The maximum absolute atomic E-state index is 13.6. The number of aromatic nitrogens is 6. The molecule has 1 aliphatic carbocycles. The molecule has 346 valence electrons. The van der Waals surface area contributed by atoms with Crippen molar-refractivity contribution in [3.8, 4) is 16.9 Å². The number of ether oxygens (including phenoxy) is 4. The topological polar surface area (TPSA) is 230 Å². The van der Waals surface area contributed by atoms with Crippen molar-refractivity contribution in [2.24, 2.45) is 0 Å². The third-order valence-electron chi connectivity index (χ3n) is 12.3. The van der Waals surface area contributed by atoms with Crippen LogP contribution in [-0.2, 0) is 43.3 Å². The summed E-state index contributed by atoms with van der Waals surface area (Å²) < 4.78 is 30.5. The number of hydrogen-bond acceptors (Lipinski definition) is 14. The first kappa shape index (κ1) is 44.5. The van der Waals surface area contributed by atoms with Gasteiger partial charge in [-0.2, -0.15) is 5.10 Å². The molecule has 4 aromatic heterocycles. The van der Waals surface area contributed by atoms with Crippen LogP contribution in [-0.4, -0.2) is 118 Å². The van der Waals surface area contributed by atoms with E-state index in [4.69, 9.17) is 38.5 Å². The first-order valence-electron chi connectivity index (χ1n) is 22.6. The summed E-state index contributed by atoms with van der Waals surface area (Å²) in [7, 11) is 1.62. The number of nitrogens with one attached hydrogen (secondary N) is 4. The molecule has 0 radical (unpaired) electrons. The second kappa shape index (κ2) is 19.4. The van der Waals surface area contributed by atoms with Crippen molar-refractivity contribution in [2.75, 3.05) is 58.6 Å². The van der Waals surface area contributed by atoms with Crippen molar-refractivity contribution in [3.05, 3.63) is 76.1 Å². The van der Waals surface area contributed by atoms with Gasteiger partial charge in [0.1, 0.15) is 34.8 Å². The van der Waals surface area contributed by atoms with Crippen LogP contribution in [0.1, 0.15) is 94.2 Å². The molecule has 1 atom stereocenters. The summed E-state index contributed by atoms with van der Waals surface area (Å²) in [5.41, 5.74) is 7.28. The van der Waals surface area contributed by atoms with Gasteiger partial charge >= 0.3 is 0 Å². The minimum absolute atomic E-state index is 0.0121. The molecule has 2 aromatic carbocycles. The average molecular weight is 903 g/mol. The number of imide groups is 1. The highest BCUT2D eigenvalue weighted by Crippen LogP contribution is 2.43. The zero-order valence-electron chi connectivity index (χ0n) is 37.6. The lowest BCUT2D eigenvalue weighted by molar-refractivity contribution is -0.136. The number of rotatable bonds is 21. The number of carbonyl (C=O) groups excluding carboxylic acids is 4. The summed E-state index contributed by atoms with van der Waals surface area (Å²) in [6.45, 7) is 9.32. The van der Waals surface area contributed by atoms with Crippen LogP contribution in [0.5, 0.6) is 5.75 Å². The van der Waals surface area contributed by atoms with Gasteiger partial charge in [0.25, 0.3) is 11.8 Å². The Hall–Kier alpha value is -6.70. The third-order valence-corrected chi connectivity index (χ3v) is 12.3. The summed E-state index contributed by atoms with van der Waals surface area (Å²) in [6, 6.07) is 11.0. The normalized spacial score (nSPS) is 16.1. The number of benzene rings is 2. The molecular formula is C47H54N10O9. The quantitative estimate of drug-likeness (QED) is 0.0524. The molecule has 6 aromatic rings. The van der Waals surface area contributed by atoms with Crippen LogP contribution in [0.4, 0.5) is 11.6 Å². The number of carbonyl (C=O) groups is 4. The monoisotopic (exact) mass is 902 g/mol.